The molecule has 0 spiro atoms. The summed E-state index contributed by atoms with van der Waals surface area (Å²) in [5.74, 6) is 2.63. The van der Waals surface area contributed by atoms with Gasteiger partial charge in [-0.1, -0.05) is 0 Å². The Morgan fingerprint density at radius 2 is 2.24 bits per heavy atom. The first-order valence-electron chi connectivity index (χ1n) is 6.13. The molecule has 0 amide bonds. The molecule has 0 unspecified atom stereocenters. The Kier molecular flexibility index (Phi) is 4.28. The highest BCUT2D eigenvalue weighted by Crippen LogP contribution is 2.10. The van der Waals surface area contributed by atoms with E-state index in [2.05, 4.69) is 29.2 Å². The minimum atomic E-state index is -0.586. The quantitative estimate of drug-likeness (QED) is 0.868. The zero-order valence-corrected chi connectivity index (χ0v) is 11.2. The summed E-state index contributed by atoms with van der Waals surface area (Å²) in [5, 5.41) is 7.69. The van der Waals surface area contributed by atoms with Crippen LogP contribution in [0.25, 0.3) is 0 Å². The van der Waals surface area contributed by atoms with Gasteiger partial charge in [0.15, 0.2) is 0 Å². The first-order valence-corrected chi connectivity index (χ1v) is 7.62. The Labute approximate surface area is 104 Å². The summed E-state index contributed by atoms with van der Waals surface area (Å²) in [4.78, 5) is 4.27. The van der Waals surface area contributed by atoms with Crippen molar-refractivity contribution >= 4 is 10.8 Å². The van der Waals surface area contributed by atoms with Gasteiger partial charge in [0.25, 0.3) is 0 Å². The van der Waals surface area contributed by atoms with Crippen LogP contribution >= 0.6 is 0 Å². The second kappa shape index (κ2) is 5.73. The molecule has 1 aliphatic heterocycles. The summed E-state index contributed by atoms with van der Waals surface area (Å²) < 4.78 is 13.2. The minimum absolute atomic E-state index is 0.341. The summed E-state index contributed by atoms with van der Waals surface area (Å²) in [7, 11) is -0.586. The molecule has 0 atom stereocenters. The molecule has 0 aliphatic carbocycles. The smallest absolute Gasteiger partial charge is 0.141 e. The highest BCUT2D eigenvalue weighted by atomic mass is 32.2. The van der Waals surface area contributed by atoms with Gasteiger partial charge in [0.05, 0.1) is 6.54 Å². The van der Waals surface area contributed by atoms with Crippen LogP contribution in [-0.4, -0.2) is 36.5 Å². The van der Waals surface area contributed by atoms with Gasteiger partial charge >= 0.3 is 0 Å². The van der Waals surface area contributed by atoms with E-state index >= 15 is 0 Å². The summed E-state index contributed by atoms with van der Waals surface area (Å²) in [5.41, 5.74) is 0. The first kappa shape index (κ1) is 12.7. The molecule has 17 heavy (non-hydrogen) atoms. The maximum Gasteiger partial charge on any atom is 0.141 e. The molecule has 0 aromatic carbocycles. The van der Waals surface area contributed by atoms with E-state index in [1.165, 1.54) is 0 Å². The molecule has 5 nitrogen and oxygen atoms in total. The molecule has 1 fully saturated rings. The summed E-state index contributed by atoms with van der Waals surface area (Å²) in [6.45, 7) is 4.94. The third-order valence-electron chi connectivity index (χ3n) is 3.07. The average Bonchev–Trinajstić information content (AvgIpc) is 2.76. The van der Waals surface area contributed by atoms with E-state index in [9.17, 15) is 4.21 Å². The SMILES string of the molecule is CC(C)n1ncnc1CNC1CCS(=O)CC1. The Hall–Kier alpha value is -0.750. The lowest BCUT2D eigenvalue weighted by atomic mass is 10.1. The molecule has 0 saturated carbocycles. The molecule has 96 valence electrons. The van der Waals surface area contributed by atoms with E-state index in [-0.39, 0.29) is 0 Å². The van der Waals surface area contributed by atoms with Crippen LogP contribution in [-0.2, 0) is 17.3 Å². The number of hydrogen-bond acceptors (Lipinski definition) is 4. The van der Waals surface area contributed by atoms with E-state index < -0.39 is 10.8 Å². The topological polar surface area (TPSA) is 59.8 Å². The Bertz CT molecular complexity index is 381. The van der Waals surface area contributed by atoms with Gasteiger partial charge in [-0.05, 0) is 26.7 Å². The first-order chi connectivity index (χ1) is 8.16. The van der Waals surface area contributed by atoms with Crippen LogP contribution in [0.15, 0.2) is 6.33 Å². The van der Waals surface area contributed by atoms with Crippen molar-refractivity contribution < 1.29 is 4.21 Å². The number of hydrogen-bond donors (Lipinski definition) is 1. The average molecular weight is 256 g/mol. The third kappa shape index (κ3) is 3.35. The minimum Gasteiger partial charge on any atom is -0.307 e. The number of nitrogens with one attached hydrogen (secondary N) is 1. The fourth-order valence-electron chi connectivity index (χ4n) is 2.07. The van der Waals surface area contributed by atoms with Crippen LogP contribution in [0.5, 0.6) is 0 Å². The second-order valence-electron chi connectivity index (χ2n) is 4.72. The van der Waals surface area contributed by atoms with Crippen LogP contribution < -0.4 is 5.32 Å². The van der Waals surface area contributed by atoms with Crippen LogP contribution in [0.3, 0.4) is 0 Å². The number of aromatic nitrogens is 3. The van der Waals surface area contributed by atoms with E-state index in [0.29, 0.717) is 12.1 Å². The lowest BCUT2D eigenvalue weighted by Gasteiger charge is -2.22. The molecule has 1 aromatic rings. The molecule has 1 N–H and O–H groups in total. The summed E-state index contributed by atoms with van der Waals surface area (Å²) in [6.07, 6.45) is 3.61. The fraction of sp³-hybridized carbons (Fsp3) is 0.818. The Balaban J connectivity index is 1.85. The van der Waals surface area contributed by atoms with Crippen LogP contribution in [0, 0.1) is 0 Å². The zero-order chi connectivity index (χ0) is 12.3. The van der Waals surface area contributed by atoms with Gasteiger partial charge in [-0.2, -0.15) is 5.10 Å². The Morgan fingerprint density at radius 1 is 1.53 bits per heavy atom. The monoisotopic (exact) mass is 256 g/mol. The molecular formula is C11H20N4OS. The highest BCUT2D eigenvalue weighted by Gasteiger charge is 2.18. The largest absolute Gasteiger partial charge is 0.307 e. The molecule has 0 radical (unpaired) electrons. The van der Waals surface area contributed by atoms with Crippen molar-refractivity contribution in [3.8, 4) is 0 Å². The van der Waals surface area contributed by atoms with Crippen molar-refractivity contribution in [3.05, 3.63) is 12.2 Å². The normalized spacial score (nSPS) is 25.4. The van der Waals surface area contributed by atoms with Crippen molar-refractivity contribution in [2.75, 3.05) is 11.5 Å². The highest BCUT2D eigenvalue weighted by molar-refractivity contribution is 7.85. The van der Waals surface area contributed by atoms with Crippen LogP contribution in [0.1, 0.15) is 38.6 Å². The second-order valence-corrected chi connectivity index (χ2v) is 6.41. The van der Waals surface area contributed by atoms with Crippen molar-refractivity contribution in [2.24, 2.45) is 0 Å². The Morgan fingerprint density at radius 3 is 2.88 bits per heavy atom. The maximum absolute atomic E-state index is 11.2. The lowest BCUT2D eigenvalue weighted by molar-refractivity contribution is 0.439. The van der Waals surface area contributed by atoms with Gasteiger partial charge in [-0.3, -0.25) is 4.21 Å². The molecule has 1 aliphatic rings. The summed E-state index contributed by atoms with van der Waals surface area (Å²) >= 11 is 0. The standard InChI is InChI=1S/C11H20N4OS/c1-9(2)15-11(13-8-14-15)7-12-10-3-5-17(16)6-4-10/h8-10,12H,3-7H2,1-2H3. The predicted molar refractivity (Wildman–Crippen MR) is 68.1 cm³/mol. The molecule has 2 rings (SSSR count). The molecular weight excluding hydrogens is 236 g/mol. The van der Waals surface area contributed by atoms with Crippen molar-refractivity contribution in [1.82, 2.24) is 20.1 Å². The van der Waals surface area contributed by atoms with Gasteiger partial charge in [-0.25, -0.2) is 9.67 Å². The van der Waals surface area contributed by atoms with E-state index in [1.54, 1.807) is 6.33 Å². The van der Waals surface area contributed by atoms with E-state index in [4.69, 9.17) is 0 Å². The zero-order valence-electron chi connectivity index (χ0n) is 10.4. The molecule has 6 heteroatoms. The van der Waals surface area contributed by atoms with E-state index in [1.807, 2.05) is 4.68 Å². The van der Waals surface area contributed by atoms with Crippen molar-refractivity contribution in [3.63, 3.8) is 0 Å². The number of rotatable bonds is 4. The van der Waals surface area contributed by atoms with Gasteiger partial charge < -0.3 is 5.32 Å². The molecule has 1 aromatic heterocycles. The van der Waals surface area contributed by atoms with Gasteiger partial charge in [0, 0.05) is 34.4 Å². The van der Waals surface area contributed by atoms with Crippen LogP contribution in [0.2, 0.25) is 0 Å². The molecule has 0 bridgehead atoms. The third-order valence-corrected chi connectivity index (χ3v) is 4.46. The van der Waals surface area contributed by atoms with Crippen LogP contribution in [0.4, 0.5) is 0 Å². The summed E-state index contributed by atoms with van der Waals surface area (Å²) in [6, 6.07) is 0.818. The fourth-order valence-corrected chi connectivity index (χ4v) is 3.36. The van der Waals surface area contributed by atoms with Crippen molar-refractivity contribution in [1.29, 1.82) is 0 Å². The number of nitrogens with zero attached hydrogens (tertiary/aromatic N) is 3. The van der Waals surface area contributed by atoms with Gasteiger partial charge in [0.1, 0.15) is 12.2 Å². The lowest BCUT2D eigenvalue weighted by Crippen LogP contribution is -2.36. The van der Waals surface area contributed by atoms with E-state index in [0.717, 1.165) is 36.7 Å². The van der Waals surface area contributed by atoms with Gasteiger partial charge in [-0.15, -0.1) is 0 Å². The van der Waals surface area contributed by atoms with Gasteiger partial charge in [0.2, 0.25) is 0 Å². The maximum atomic E-state index is 11.2. The molecule has 1 saturated heterocycles. The molecule has 2 heterocycles. The van der Waals surface area contributed by atoms with Crippen molar-refractivity contribution in [2.45, 2.75) is 45.3 Å². The predicted octanol–water partition coefficient (Wildman–Crippen LogP) is 0.860.